The van der Waals surface area contributed by atoms with Crippen LogP contribution in [0.3, 0.4) is 0 Å². The Morgan fingerprint density at radius 1 is 1.20 bits per heavy atom. The van der Waals surface area contributed by atoms with Gasteiger partial charge in [0, 0.05) is 5.41 Å². The zero-order chi connectivity index (χ0) is 7.65. The summed E-state index contributed by atoms with van der Waals surface area (Å²) in [6, 6.07) is 0. The van der Waals surface area contributed by atoms with E-state index in [1.165, 1.54) is 0 Å². The molecule has 0 aromatic carbocycles. The zero-order valence-electron chi connectivity index (χ0n) is 5.76. The van der Waals surface area contributed by atoms with Gasteiger partial charge in [0.2, 0.25) is 5.78 Å². The van der Waals surface area contributed by atoms with E-state index in [1.54, 1.807) is 20.8 Å². The molecule has 0 spiro atoms. The van der Waals surface area contributed by atoms with Gasteiger partial charge in [0.05, 0.1) is 0 Å². The van der Waals surface area contributed by atoms with E-state index < -0.39 is 17.2 Å². The number of carbonyl (C=O) groups is 2. The van der Waals surface area contributed by atoms with Gasteiger partial charge in [-0.25, -0.2) is 4.79 Å². The van der Waals surface area contributed by atoms with Crippen LogP contribution >= 0.6 is 0 Å². The zero-order valence-corrected chi connectivity index (χ0v) is 5.76. The van der Waals surface area contributed by atoms with Crippen molar-refractivity contribution in [2.45, 2.75) is 20.8 Å². The Labute approximate surface area is 89.8 Å². The number of hydrogen-bond acceptors (Lipinski definition) is 2. The van der Waals surface area contributed by atoms with E-state index in [4.69, 9.17) is 5.11 Å². The van der Waals surface area contributed by atoms with Gasteiger partial charge >= 0.3 is 43.7 Å². The molecular weight excluding hydrogens is 160 g/mol. The maximum absolute atomic E-state index is 10.6. The molecule has 0 saturated heterocycles. The topological polar surface area (TPSA) is 54.4 Å². The molecule has 0 rings (SSSR count). The minimum absolute atomic E-state index is 0. The Morgan fingerprint density at radius 3 is 1.50 bits per heavy atom. The monoisotopic (exact) mass is 172 g/mol. The van der Waals surface area contributed by atoms with Crippen LogP contribution in [0, 0.1) is 5.41 Å². The normalized spacial score (nSPS) is 9.90. The third-order valence-electron chi connectivity index (χ3n) is 0.875. The van der Waals surface area contributed by atoms with E-state index in [-0.39, 0.29) is 37.7 Å². The third-order valence-corrected chi connectivity index (χ3v) is 0.875. The van der Waals surface area contributed by atoms with Gasteiger partial charge in [-0.1, -0.05) is 20.8 Å². The van der Waals surface area contributed by atoms with Crippen molar-refractivity contribution in [1.29, 1.82) is 0 Å². The predicted molar refractivity (Wildman–Crippen MR) is 40.6 cm³/mol. The Morgan fingerprint density at radius 2 is 1.50 bits per heavy atom. The molecule has 0 heterocycles. The molecular formula is C6H12CaO3. The van der Waals surface area contributed by atoms with Crippen LogP contribution in [0.15, 0.2) is 0 Å². The molecule has 0 aliphatic rings. The Kier molecular flexibility index (Phi) is 5.62. The summed E-state index contributed by atoms with van der Waals surface area (Å²) in [5, 5.41) is 8.17. The average molecular weight is 172 g/mol. The van der Waals surface area contributed by atoms with Crippen LogP contribution in [0.25, 0.3) is 0 Å². The molecule has 0 amide bonds. The van der Waals surface area contributed by atoms with Crippen LogP contribution < -0.4 is 0 Å². The molecule has 0 aromatic heterocycles. The molecule has 1 N–H and O–H groups in total. The first-order chi connectivity index (χ1) is 3.85. The van der Waals surface area contributed by atoms with Crippen molar-refractivity contribution in [1.82, 2.24) is 0 Å². The summed E-state index contributed by atoms with van der Waals surface area (Å²) in [7, 11) is 0. The van der Waals surface area contributed by atoms with Gasteiger partial charge in [0.15, 0.2) is 0 Å². The number of carboxylic acid groups (broad SMARTS) is 1. The molecule has 0 bridgehead atoms. The number of hydrogen-bond donors (Lipinski definition) is 1. The fourth-order valence-electron chi connectivity index (χ4n) is 0.321. The van der Waals surface area contributed by atoms with E-state index in [2.05, 4.69) is 0 Å². The van der Waals surface area contributed by atoms with E-state index in [0.29, 0.717) is 0 Å². The third kappa shape index (κ3) is 4.25. The van der Waals surface area contributed by atoms with E-state index in [0.717, 1.165) is 0 Å². The van der Waals surface area contributed by atoms with Crippen LogP contribution in [0.2, 0.25) is 0 Å². The molecule has 10 heavy (non-hydrogen) atoms. The van der Waals surface area contributed by atoms with E-state index >= 15 is 0 Å². The number of rotatable bonds is 1. The van der Waals surface area contributed by atoms with Crippen molar-refractivity contribution in [3.05, 3.63) is 0 Å². The molecule has 4 heteroatoms. The second kappa shape index (κ2) is 4.31. The van der Waals surface area contributed by atoms with Crippen LogP contribution in [0.4, 0.5) is 0 Å². The van der Waals surface area contributed by atoms with E-state index in [9.17, 15) is 9.59 Å². The van der Waals surface area contributed by atoms with Gasteiger partial charge in [-0.05, 0) is 0 Å². The summed E-state index contributed by atoms with van der Waals surface area (Å²) >= 11 is 0. The van der Waals surface area contributed by atoms with Crippen molar-refractivity contribution in [2.75, 3.05) is 0 Å². The second-order valence-electron chi connectivity index (χ2n) is 2.88. The summed E-state index contributed by atoms with van der Waals surface area (Å²) in [6.45, 7) is 4.72. The van der Waals surface area contributed by atoms with Crippen LogP contribution in [0.1, 0.15) is 20.8 Å². The summed E-state index contributed by atoms with van der Waals surface area (Å²) < 4.78 is 0. The quantitative estimate of drug-likeness (QED) is 0.439. The molecule has 0 radical (unpaired) electrons. The first-order valence-corrected chi connectivity index (χ1v) is 2.63. The molecule has 0 aromatic rings. The van der Waals surface area contributed by atoms with Crippen molar-refractivity contribution >= 4 is 49.5 Å². The van der Waals surface area contributed by atoms with Gasteiger partial charge in [0.1, 0.15) is 0 Å². The molecule has 0 unspecified atom stereocenters. The minimum atomic E-state index is -1.36. The first kappa shape index (κ1) is 13.0. The van der Waals surface area contributed by atoms with Crippen LogP contribution in [-0.4, -0.2) is 54.6 Å². The van der Waals surface area contributed by atoms with Crippen LogP contribution in [0.5, 0.6) is 0 Å². The van der Waals surface area contributed by atoms with Gasteiger partial charge in [-0.2, -0.15) is 0 Å². The number of carbonyl (C=O) groups excluding carboxylic acids is 1. The number of Topliss-reactive ketones (excluding diaryl/α,β-unsaturated/α-hetero) is 1. The summed E-state index contributed by atoms with van der Waals surface area (Å²) in [5.41, 5.74) is -0.758. The molecule has 0 aliphatic heterocycles. The maximum atomic E-state index is 10.6. The number of aliphatic carboxylic acids is 1. The van der Waals surface area contributed by atoms with Crippen LogP contribution in [-0.2, 0) is 9.59 Å². The van der Waals surface area contributed by atoms with Crippen molar-refractivity contribution in [3.8, 4) is 0 Å². The summed E-state index contributed by atoms with van der Waals surface area (Å²) in [4.78, 5) is 20.6. The van der Waals surface area contributed by atoms with Crippen molar-refractivity contribution < 1.29 is 14.7 Å². The Hall–Kier alpha value is 0.400. The average Bonchev–Trinajstić information content (AvgIpc) is 1.62. The summed E-state index contributed by atoms with van der Waals surface area (Å²) in [5.74, 6) is -2.11. The Balaban J connectivity index is 0. The van der Waals surface area contributed by atoms with Gasteiger partial charge in [-0.3, -0.25) is 4.79 Å². The van der Waals surface area contributed by atoms with Crippen molar-refractivity contribution in [2.24, 2.45) is 5.41 Å². The second-order valence-corrected chi connectivity index (χ2v) is 2.88. The van der Waals surface area contributed by atoms with Crippen molar-refractivity contribution in [3.63, 3.8) is 0 Å². The van der Waals surface area contributed by atoms with Gasteiger partial charge in [-0.15, -0.1) is 0 Å². The molecule has 0 saturated carbocycles. The molecule has 3 nitrogen and oxygen atoms in total. The molecule has 0 atom stereocenters. The molecule has 0 fully saturated rings. The standard InChI is InChI=1S/C6H10O3.Ca.2H/c1-6(2,3)4(7)5(8)9;;;/h1-3H3,(H,8,9);;;. The first-order valence-electron chi connectivity index (χ1n) is 2.63. The molecule has 0 aliphatic carbocycles. The van der Waals surface area contributed by atoms with Gasteiger partial charge in [0.25, 0.3) is 0 Å². The SMILES string of the molecule is CC(C)(C)C(=O)C(=O)O.[CaH2]. The predicted octanol–water partition coefficient (Wildman–Crippen LogP) is -0.230. The fourth-order valence-corrected chi connectivity index (χ4v) is 0.321. The number of ketones is 1. The Bertz CT molecular complexity index is 146. The molecule has 56 valence electrons. The van der Waals surface area contributed by atoms with E-state index in [1.807, 2.05) is 0 Å². The fraction of sp³-hybridized carbons (Fsp3) is 0.667. The van der Waals surface area contributed by atoms with Gasteiger partial charge < -0.3 is 5.11 Å². The summed E-state index contributed by atoms with van der Waals surface area (Å²) in [6.07, 6.45) is 0. The number of carboxylic acids is 1.